The molecule has 0 amide bonds. The zero-order valence-electron chi connectivity index (χ0n) is 9.86. The van der Waals surface area contributed by atoms with Crippen LogP contribution >= 0.6 is 0 Å². The van der Waals surface area contributed by atoms with Crippen LogP contribution in [0.5, 0.6) is 5.75 Å². The molecule has 0 aliphatic carbocycles. The maximum Gasteiger partial charge on any atom is 0.134 e. The first kappa shape index (κ1) is 11.3. The Morgan fingerprint density at radius 1 is 1.29 bits per heavy atom. The maximum absolute atomic E-state index is 8.68. The summed E-state index contributed by atoms with van der Waals surface area (Å²) in [6.07, 6.45) is 0.380. The van der Waals surface area contributed by atoms with Gasteiger partial charge < -0.3 is 9.15 Å². The van der Waals surface area contributed by atoms with Gasteiger partial charge in [-0.15, -0.1) is 0 Å². The molecule has 1 aromatic carbocycles. The van der Waals surface area contributed by atoms with Crippen molar-refractivity contribution in [2.45, 2.75) is 13.3 Å². The summed E-state index contributed by atoms with van der Waals surface area (Å²) in [4.78, 5) is 0. The van der Waals surface area contributed by atoms with Crippen LogP contribution in [0.25, 0.3) is 11.3 Å². The summed E-state index contributed by atoms with van der Waals surface area (Å²) < 4.78 is 10.7. The van der Waals surface area contributed by atoms with Gasteiger partial charge in [0.05, 0.1) is 19.6 Å². The highest BCUT2D eigenvalue weighted by atomic mass is 16.5. The van der Waals surface area contributed by atoms with E-state index in [0.29, 0.717) is 6.42 Å². The molecule has 1 aromatic heterocycles. The molecular formula is C14H13NO2. The van der Waals surface area contributed by atoms with E-state index in [1.54, 1.807) is 7.11 Å². The summed E-state index contributed by atoms with van der Waals surface area (Å²) in [6, 6.07) is 11.7. The third-order valence-electron chi connectivity index (χ3n) is 2.66. The summed E-state index contributed by atoms with van der Waals surface area (Å²) in [5.41, 5.74) is 1.93. The topological polar surface area (TPSA) is 46.2 Å². The molecule has 3 nitrogen and oxygen atoms in total. The Labute approximate surface area is 100 Å². The van der Waals surface area contributed by atoms with Crippen LogP contribution in [-0.4, -0.2) is 7.11 Å². The minimum Gasteiger partial charge on any atom is -0.497 e. The first-order chi connectivity index (χ1) is 8.24. The van der Waals surface area contributed by atoms with Gasteiger partial charge in [0.25, 0.3) is 0 Å². The predicted octanol–water partition coefficient (Wildman–Crippen LogP) is 3.33. The average molecular weight is 227 g/mol. The van der Waals surface area contributed by atoms with Crippen LogP contribution in [-0.2, 0) is 6.42 Å². The van der Waals surface area contributed by atoms with E-state index in [-0.39, 0.29) is 0 Å². The normalized spacial score (nSPS) is 9.94. The van der Waals surface area contributed by atoms with Gasteiger partial charge in [0.15, 0.2) is 0 Å². The number of nitrogens with zero attached hydrogens (tertiary/aromatic N) is 1. The van der Waals surface area contributed by atoms with E-state index in [9.17, 15) is 0 Å². The van der Waals surface area contributed by atoms with Crippen molar-refractivity contribution in [2.24, 2.45) is 0 Å². The molecule has 86 valence electrons. The van der Waals surface area contributed by atoms with Crippen molar-refractivity contribution < 1.29 is 9.15 Å². The van der Waals surface area contributed by atoms with Crippen LogP contribution < -0.4 is 4.74 Å². The standard InChI is InChI=1S/C14H13NO2/c1-10-12(7-8-15)9-14(17-10)11-3-5-13(16-2)6-4-11/h3-6,9H,7H2,1-2H3. The second-order valence-electron chi connectivity index (χ2n) is 3.76. The SMILES string of the molecule is COc1ccc(-c2cc(CC#N)c(C)o2)cc1. The fourth-order valence-electron chi connectivity index (χ4n) is 1.68. The largest absolute Gasteiger partial charge is 0.497 e. The zero-order valence-corrected chi connectivity index (χ0v) is 9.86. The van der Waals surface area contributed by atoms with E-state index < -0.39 is 0 Å². The quantitative estimate of drug-likeness (QED) is 0.807. The van der Waals surface area contributed by atoms with Crippen LogP contribution in [0.3, 0.4) is 0 Å². The van der Waals surface area contributed by atoms with Crippen LogP contribution in [0.4, 0.5) is 0 Å². The van der Waals surface area contributed by atoms with Crippen LogP contribution in [0.2, 0.25) is 0 Å². The first-order valence-electron chi connectivity index (χ1n) is 5.35. The highest BCUT2D eigenvalue weighted by Crippen LogP contribution is 2.27. The van der Waals surface area contributed by atoms with Crippen molar-refractivity contribution in [1.29, 1.82) is 5.26 Å². The summed E-state index contributed by atoms with van der Waals surface area (Å²) >= 11 is 0. The highest BCUT2D eigenvalue weighted by Gasteiger charge is 2.08. The number of furan rings is 1. The molecule has 0 spiro atoms. The summed E-state index contributed by atoms with van der Waals surface area (Å²) in [5.74, 6) is 2.40. The lowest BCUT2D eigenvalue weighted by molar-refractivity contribution is 0.415. The maximum atomic E-state index is 8.68. The molecule has 0 saturated heterocycles. The third kappa shape index (κ3) is 2.31. The van der Waals surface area contributed by atoms with E-state index in [1.807, 2.05) is 37.3 Å². The summed E-state index contributed by atoms with van der Waals surface area (Å²) in [5, 5.41) is 8.68. The number of hydrogen-bond donors (Lipinski definition) is 0. The molecule has 0 atom stereocenters. The van der Waals surface area contributed by atoms with Crippen LogP contribution in [0.1, 0.15) is 11.3 Å². The Morgan fingerprint density at radius 2 is 2.00 bits per heavy atom. The van der Waals surface area contributed by atoms with Gasteiger partial charge in [-0.1, -0.05) is 0 Å². The van der Waals surface area contributed by atoms with E-state index in [4.69, 9.17) is 14.4 Å². The van der Waals surface area contributed by atoms with E-state index in [0.717, 1.165) is 28.4 Å². The minimum atomic E-state index is 0.380. The molecule has 0 bridgehead atoms. The molecule has 0 aliphatic rings. The fourth-order valence-corrected chi connectivity index (χ4v) is 1.68. The van der Waals surface area contributed by atoms with Crippen molar-refractivity contribution in [3.8, 4) is 23.1 Å². The number of methoxy groups -OCH3 is 1. The van der Waals surface area contributed by atoms with E-state index >= 15 is 0 Å². The number of ether oxygens (including phenoxy) is 1. The summed E-state index contributed by atoms with van der Waals surface area (Å²) in [6.45, 7) is 1.87. The molecular weight excluding hydrogens is 214 g/mol. The summed E-state index contributed by atoms with van der Waals surface area (Å²) in [7, 11) is 1.64. The third-order valence-corrected chi connectivity index (χ3v) is 2.66. The lowest BCUT2D eigenvalue weighted by Gasteiger charge is -2.00. The molecule has 0 aliphatic heterocycles. The van der Waals surface area contributed by atoms with Crippen molar-refractivity contribution in [3.05, 3.63) is 41.7 Å². The Hall–Kier alpha value is -2.21. The molecule has 0 N–H and O–H groups in total. The first-order valence-corrected chi connectivity index (χ1v) is 5.35. The molecule has 17 heavy (non-hydrogen) atoms. The predicted molar refractivity (Wildman–Crippen MR) is 64.8 cm³/mol. The number of nitriles is 1. The Balaban J connectivity index is 2.33. The Kier molecular flexibility index (Phi) is 3.15. The van der Waals surface area contributed by atoms with E-state index in [2.05, 4.69) is 6.07 Å². The van der Waals surface area contributed by atoms with Crippen molar-refractivity contribution >= 4 is 0 Å². The lowest BCUT2D eigenvalue weighted by Crippen LogP contribution is -1.81. The van der Waals surface area contributed by atoms with Crippen molar-refractivity contribution in [2.75, 3.05) is 7.11 Å². The second kappa shape index (κ2) is 4.75. The molecule has 2 rings (SSSR count). The monoisotopic (exact) mass is 227 g/mol. The van der Waals surface area contributed by atoms with Crippen molar-refractivity contribution in [1.82, 2.24) is 0 Å². The highest BCUT2D eigenvalue weighted by molar-refractivity contribution is 5.60. The number of rotatable bonds is 3. The number of aryl methyl sites for hydroxylation is 1. The van der Waals surface area contributed by atoms with Gasteiger partial charge in [0.2, 0.25) is 0 Å². The Morgan fingerprint density at radius 3 is 2.59 bits per heavy atom. The van der Waals surface area contributed by atoms with Gasteiger partial charge in [0.1, 0.15) is 17.3 Å². The fraction of sp³-hybridized carbons (Fsp3) is 0.214. The van der Waals surface area contributed by atoms with E-state index in [1.165, 1.54) is 0 Å². The molecule has 0 saturated carbocycles. The van der Waals surface area contributed by atoms with Gasteiger partial charge >= 0.3 is 0 Å². The van der Waals surface area contributed by atoms with Gasteiger partial charge in [0, 0.05) is 11.1 Å². The Bertz CT molecular complexity index is 547. The lowest BCUT2D eigenvalue weighted by atomic mass is 10.1. The minimum absolute atomic E-state index is 0.380. The number of benzene rings is 1. The molecule has 2 aromatic rings. The van der Waals surface area contributed by atoms with Crippen LogP contribution in [0, 0.1) is 18.3 Å². The van der Waals surface area contributed by atoms with Crippen LogP contribution in [0.15, 0.2) is 34.7 Å². The van der Waals surface area contributed by atoms with Crippen molar-refractivity contribution in [3.63, 3.8) is 0 Å². The second-order valence-corrected chi connectivity index (χ2v) is 3.76. The van der Waals surface area contributed by atoms with Gasteiger partial charge in [-0.2, -0.15) is 5.26 Å². The molecule has 1 heterocycles. The molecule has 0 unspecified atom stereocenters. The smallest absolute Gasteiger partial charge is 0.134 e. The molecule has 0 radical (unpaired) electrons. The van der Waals surface area contributed by atoms with Gasteiger partial charge in [-0.3, -0.25) is 0 Å². The van der Waals surface area contributed by atoms with Gasteiger partial charge in [-0.05, 0) is 37.3 Å². The van der Waals surface area contributed by atoms with Gasteiger partial charge in [-0.25, -0.2) is 0 Å². The molecule has 3 heteroatoms. The average Bonchev–Trinajstić information content (AvgIpc) is 2.72. The number of hydrogen-bond acceptors (Lipinski definition) is 3. The molecule has 0 fully saturated rings. The zero-order chi connectivity index (χ0) is 12.3.